The van der Waals surface area contributed by atoms with Crippen LogP contribution >= 0.6 is 0 Å². The van der Waals surface area contributed by atoms with E-state index in [0.29, 0.717) is 17.0 Å². The maximum absolute atomic E-state index is 11.9. The number of nitrogens with one attached hydrogen (secondary N) is 1. The normalized spacial score (nSPS) is 12.3. The molecule has 128 valence electrons. The van der Waals surface area contributed by atoms with Crippen molar-refractivity contribution in [2.24, 2.45) is 0 Å². The zero-order valence-corrected chi connectivity index (χ0v) is 14.6. The number of ether oxygens (including phenoxy) is 3. The van der Waals surface area contributed by atoms with Crippen molar-refractivity contribution in [2.45, 2.75) is 52.7 Å². The first kappa shape index (κ1) is 18.8. The molecule has 6 heteroatoms. The molecule has 1 aromatic carbocycles. The second kappa shape index (κ2) is 7.85. The first-order valence-electron chi connectivity index (χ1n) is 7.55. The number of hydrogen-bond donors (Lipinski definition) is 1. The molecule has 1 rings (SSSR count). The van der Waals surface area contributed by atoms with Gasteiger partial charge in [-0.25, -0.2) is 9.59 Å². The first-order chi connectivity index (χ1) is 10.7. The van der Waals surface area contributed by atoms with E-state index in [2.05, 4.69) is 5.32 Å². The van der Waals surface area contributed by atoms with Crippen LogP contribution in [0.4, 0.5) is 10.5 Å². The van der Waals surface area contributed by atoms with E-state index in [1.807, 2.05) is 13.8 Å². The Labute approximate surface area is 137 Å². The van der Waals surface area contributed by atoms with Crippen LogP contribution < -0.4 is 10.1 Å². The predicted octanol–water partition coefficient (Wildman–Crippen LogP) is 4.00. The number of esters is 1. The van der Waals surface area contributed by atoms with Gasteiger partial charge in [0.1, 0.15) is 11.4 Å². The SMILES string of the molecule is CCC(C)Oc1cc(C(=O)OC)ccc1NC(=O)OC(C)(C)C. The summed E-state index contributed by atoms with van der Waals surface area (Å²) < 4.78 is 15.7. The Morgan fingerprint density at radius 2 is 1.91 bits per heavy atom. The molecule has 0 saturated carbocycles. The third-order valence-electron chi connectivity index (χ3n) is 2.94. The van der Waals surface area contributed by atoms with E-state index < -0.39 is 17.7 Å². The third-order valence-corrected chi connectivity index (χ3v) is 2.94. The van der Waals surface area contributed by atoms with E-state index in [9.17, 15) is 9.59 Å². The van der Waals surface area contributed by atoms with Crippen LogP contribution in [0.5, 0.6) is 5.75 Å². The molecule has 1 aromatic rings. The van der Waals surface area contributed by atoms with E-state index in [4.69, 9.17) is 14.2 Å². The fourth-order valence-corrected chi connectivity index (χ4v) is 1.68. The van der Waals surface area contributed by atoms with Crippen molar-refractivity contribution in [3.05, 3.63) is 23.8 Å². The summed E-state index contributed by atoms with van der Waals surface area (Å²) in [6, 6.07) is 4.70. The minimum absolute atomic E-state index is 0.0675. The van der Waals surface area contributed by atoms with E-state index in [-0.39, 0.29) is 6.10 Å². The molecule has 0 bridgehead atoms. The number of amides is 1. The lowest BCUT2D eigenvalue weighted by Crippen LogP contribution is -2.27. The van der Waals surface area contributed by atoms with Crippen LogP contribution in [0.15, 0.2) is 18.2 Å². The number of carbonyl (C=O) groups excluding carboxylic acids is 2. The minimum Gasteiger partial charge on any atom is -0.489 e. The summed E-state index contributed by atoms with van der Waals surface area (Å²) in [7, 11) is 1.31. The van der Waals surface area contributed by atoms with Crippen LogP contribution in [0.25, 0.3) is 0 Å². The van der Waals surface area contributed by atoms with Gasteiger partial charge in [0.2, 0.25) is 0 Å². The Morgan fingerprint density at radius 1 is 1.26 bits per heavy atom. The molecule has 0 aromatic heterocycles. The van der Waals surface area contributed by atoms with Crippen LogP contribution in [0.1, 0.15) is 51.4 Å². The van der Waals surface area contributed by atoms with E-state index in [0.717, 1.165) is 6.42 Å². The van der Waals surface area contributed by atoms with Crippen molar-refractivity contribution in [3.8, 4) is 5.75 Å². The predicted molar refractivity (Wildman–Crippen MR) is 88.0 cm³/mol. The molecule has 0 heterocycles. The molecule has 0 aliphatic rings. The fraction of sp³-hybridized carbons (Fsp3) is 0.529. The highest BCUT2D eigenvalue weighted by atomic mass is 16.6. The van der Waals surface area contributed by atoms with E-state index in [1.54, 1.807) is 39.0 Å². The second-order valence-corrected chi connectivity index (χ2v) is 6.17. The monoisotopic (exact) mass is 323 g/mol. The largest absolute Gasteiger partial charge is 0.489 e. The molecule has 1 amide bonds. The fourth-order valence-electron chi connectivity index (χ4n) is 1.68. The van der Waals surface area contributed by atoms with Crippen molar-refractivity contribution >= 4 is 17.7 Å². The van der Waals surface area contributed by atoms with Gasteiger partial charge in [0.15, 0.2) is 0 Å². The van der Waals surface area contributed by atoms with Gasteiger partial charge in [0.25, 0.3) is 0 Å². The Hall–Kier alpha value is -2.24. The number of hydrogen-bond acceptors (Lipinski definition) is 5. The number of carbonyl (C=O) groups is 2. The molecular formula is C17H25NO5. The number of rotatable bonds is 5. The lowest BCUT2D eigenvalue weighted by Gasteiger charge is -2.21. The Balaban J connectivity index is 3.04. The van der Waals surface area contributed by atoms with Crippen molar-refractivity contribution in [1.82, 2.24) is 0 Å². The number of anilines is 1. The molecule has 23 heavy (non-hydrogen) atoms. The van der Waals surface area contributed by atoms with E-state index >= 15 is 0 Å². The highest BCUT2D eigenvalue weighted by Crippen LogP contribution is 2.28. The highest BCUT2D eigenvalue weighted by Gasteiger charge is 2.19. The van der Waals surface area contributed by atoms with Crippen molar-refractivity contribution in [2.75, 3.05) is 12.4 Å². The lowest BCUT2D eigenvalue weighted by molar-refractivity contribution is 0.0598. The van der Waals surface area contributed by atoms with Gasteiger partial charge in [-0.15, -0.1) is 0 Å². The molecule has 0 aliphatic carbocycles. The quantitative estimate of drug-likeness (QED) is 0.829. The van der Waals surface area contributed by atoms with Crippen molar-refractivity contribution < 1.29 is 23.8 Å². The van der Waals surface area contributed by atoms with Gasteiger partial charge in [-0.05, 0) is 52.3 Å². The molecule has 0 spiro atoms. The Bertz CT molecular complexity index is 563. The first-order valence-corrected chi connectivity index (χ1v) is 7.55. The maximum atomic E-state index is 11.9. The minimum atomic E-state index is -0.603. The standard InChI is InChI=1S/C17H25NO5/c1-7-11(2)22-14-10-12(15(19)21-6)8-9-13(14)18-16(20)23-17(3,4)5/h8-11H,7H2,1-6H3,(H,18,20). The second-order valence-electron chi connectivity index (χ2n) is 6.17. The van der Waals surface area contributed by atoms with Gasteiger partial charge in [-0.3, -0.25) is 5.32 Å². The zero-order valence-electron chi connectivity index (χ0n) is 14.6. The average molecular weight is 323 g/mol. The summed E-state index contributed by atoms with van der Waals surface area (Å²) in [5.41, 5.74) is 0.182. The molecule has 0 saturated heterocycles. The molecular weight excluding hydrogens is 298 g/mol. The zero-order chi connectivity index (χ0) is 17.6. The smallest absolute Gasteiger partial charge is 0.412 e. The summed E-state index contributed by atoms with van der Waals surface area (Å²) in [5, 5.41) is 2.64. The average Bonchev–Trinajstić information content (AvgIpc) is 2.46. The van der Waals surface area contributed by atoms with Crippen molar-refractivity contribution in [1.29, 1.82) is 0 Å². The van der Waals surface area contributed by atoms with Crippen LogP contribution in [-0.2, 0) is 9.47 Å². The lowest BCUT2D eigenvalue weighted by atomic mass is 10.2. The van der Waals surface area contributed by atoms with Gasteiger partial charge >= 0.3 is 12.1 Å². The van der Waals surface area contributed by atoms with Crippen molar-refractivity contribution in [3.63, 3.8) is 0 Å². The summed E-state index contributed by atoms with van der Waals surface area (Å²) >= 11 is 0. The molecule has 1 atom stereocenters. The molecule has 6 nitrogen and oxygen atoms in total. The van der Waals surface area contributed by atoms with Gasteiger partial charge in [-0.1, -0.05) is 6.92 Å². The maximum Gasteiger partial charge on any atom is 0.412 e. The molecule has 0 fully saturated rings. The van der Waals surface area contributed by atoms with Crippen LogP contribution in [-0.4, -0.2) is 30.9 Å². The molecule has 1 unspecified atom stereocenters. The summed E-state index contributed by atoms with van der Waals surface area (Å²) in [4.78, 5) is 23.6. The van der Waals surface area contributed by atoms with Gasteiger partial charge in [0.05, 0.1) is 24.5 Å². The van der Waals surface area contributed by atoms with Gasteiger partial charge in [0, 0.05) is 0 Å². The number of benzene rings is 1. The molecule has 0 radical (unpaired) electrons. The van der Waals surface area contributed by atoms with Crippen LogP contribution in [0, 0.1) is 0 Å². The summed E-state index contributed by atoms with van der Waals surface area (Å²) in [6.45, 7) is 9.23. The Morgan fingerprint density at radius 3 is 2.43 bits per heavy atom. The molecule has 1 N–H and O–H groups in total. The summed E-state index contributed by atoms with van der Waals surface area (Å²) in [5.74, 6) is -0.0732. The van der Waals surface area contributed by atoms with E-state index in [1.165, 1.54) is 7.11 Å². The Kier molecular flexibility index (Phi) is 6.42. The summed E-state index contributed by atoms with van der Waals surface area (Å²) in [6.07, 6.45) is 0.133. The van der Waals surface area contributed by atoms with Crippen LogP contribution in [0.3, 0.4) is 0 Å². The third kappa shape index (κ3) is 6.18. The topological polar surface area (TPSA) is 73.9 Å². The molecule has 0 aliphatic heterocycles. The highest BCUT2D eigenvalue weighted by molar-refractivity contribution is 5.93. The van der Waals surface area contributed by atoms with Gasteiger partial charge in [-0.2, -0.15) is 0 Å². The van der Waals surface area contributed by atoms with Gasteiger partial charge < -0.3 is 14.2 Å². The number of methoxy groups -OCH3 is 1. The van der Waals surface area contributed by atoms with Crippen LogP contribution in [0.2, 0.25) is 0 Å².